The van der Waals surface area contributed by atoms with Gasteiger partial charge in [0.25, 0.3) is 5.91 Å². The van der Waals surface area contributed by atoms with Crippen molar-refractivity contribution in [2.45, 2.75) is 43.2 Å². The maximum absolute atomic E-state index is 14.0. The van der Waals surface area contributed by atoms with Gasteiger partial charge < -0.3 is 20.6 Å². The van der Waals surface area contributed by atoms with E-state index in [4.69, 9.17) is 5.11 Å². The molecule has 1 aliphatic heterocycles. The van der Waals surface area contributed by atoms with Crippen molar-refractivity contribution in [3.05, 3.63) is 45.6 Å². The largest absolute Gasteiger partial charge is 0.465 e. The number of carboxylic acid groups (broad SMARTS) is 1. The topological polar surface area (TPSA) is 124 Å². The van der Waals surface area contributed by atoms with Crippen LogP contribution >= 0.6 is 15.9 Å². The van der Waals surface area contributed by atoms with Crippen LogP contribution in [0.25, 0.3) is 0 Å². The van der Waals surface area contributed by atoms with Crippen LogP contribution in [-0.4, -0.2) is 64.7 Å². The number of anilines is 2. The number of aromatic nitrogens is 1. The van der Waals surface area contributed by atoms with Crippen molar-refractivity contribution in [3.8, 4) is 0 Å². The van der Waals surface area contributed by atoms with Gasteiger partial charge >= 0.3 is 12.3 Å². The van der Waals surface area contributed by atoms with Crippen molar-refractivity contribution in [3.63, 3.8) is 0 Å². The van der Waals surface area contributed by atoms with Gasteiger partial charge in [0.2, 0.25) is 5.92 Å². The lowest BCUT2D eigenvalue weighted by Gasteiger charge is -2.27. The fourth-order valence-corrected chi connectivity index (χ4v) is 5.87. The molecule has 1 fully saturated rings. The number of hydrogen-bond donors (Lipinski definition) is 3. The van der Waals surface area contributed by atoms with E-state index in [1.165, 1.54) is 42.3 Å². The summed E-state index contributed by atoms with van der Waals surface area (Å²) in [5.41, 5.74) is -1.43. The van der Waals surface area contributed by atoms with Crippen LogP contribution in [0.5, 0.6) is 0 Å². The van der Waals surface area contributed by atoms with Crippen LogP contribution in [0.15, 0.2) is 38.0 Å². The van der Waals surface area contributed by atoms with Gasteiger partial charge in [-0.2, -0.15) is 13.2 Å². The van der Waals surface area contributed by atoms with E-state index in [0.717, 1.165) is 0 Å². The number of halogens is 6. The van der Waals surface area contributed by atoms with Gasteiger partial charge in [0.05, 0.1) is 26.3 Å². The maximum Gasteiger partial charge on any atom is 0.434 e. The molecule has 3 N–H and O–H groups in total. The standard InChI is InChI=1S/C24H27BrF5N5O4S/c1-14-17(20(34-19(18(14)25)24(28,29)30)35-11-4-7-23(26,27)8-12-35)21(36)33-15-5-3-6-16(13-15)40(2,39)32-10-9-31-22(37)38/h3,5-6,13,31H,4,7-12H2,1-2H3,(H,33,36)(H,37,38). The number of amides is 2. The molecule has 0 saturated carbocycles. The molecule has 3 rings (SSSR count). The SMILES string of the molecule is Cc1c(Br)c(C(F)(F)F)nc(N2CCCC(F)(F)CC2)c1C(=O)Nc1cccc(S(C)(=O)=NCCNC(=O)O)c1. The second kappa shape index (κ2) is 12.2. The zero-order valence-corrected chi connectivity index (χ0v) is 23.9. The Bertz CT molecular complexity index is 1410. The van der Waals surface area contributed by atoms with E-state index >= 15 is 0 Å². The van der Waals surface area contributed by atoms with E-state index in [-0.39, 0.29) is 60.1 Å². The van der Waals surface area contributed by atoms with Crippen LogP contribution in [0.3, 0.4) is 0 Å². The molecule has 2 aromatic rings. The first-order valence-corrected chi connectivity index (χ1v) is 14.7. The number of carbonyl (C=O) groups excluding carboxylic acids is 1. The summed E-state index contributed by atoms with van der Waals surface area (Å²) in [6.45, 7) is 0.847. The number of rotatable bonds is 7. The zero-order chi connectivity index (χ0) is 29.9. The lowest BCUT2D eigenvalue weighted by molar-refractivity contribution is -0.141. The third-order valence-corrected chi connectivity index (χ3v) is 8.90. The molecular weight excluding hydrogens is 629 g/mol. The molecule has 16 heteroatoms. The number of hydrogen-bond acceptors (Lipinski definition) is 6. The van der Waals surface area contributed by atoms with Crippen molar-refractivity contribution in [2.75, 3.05) is 42.7 Å². The Morgan fingerprint density at radius 1 is 1.25 bits per heavy atom. The molecule has 220 valence electrons. The molecule has 1 atom stereocenters. The molecule has 9 nitrogen and oxygen atoms in total. The number of nitrogens with zero attached hydrogens (tertiary/aromatic N) is 3. The van der Waals surface area contributed by atoms with Gasteiger partial charge in [-0.3, -0.25) is 4.79 Å². The summed E-state index contributed by atoms with van der Waals surface area (Å²) >= 11 is 2.90. The number of nitrogens with one attached hydrogen (secondary N) is 2. The summed E-state index contributed by atoms with van der Waals surface area (Å²) in [6, 6.07) is 5.83. The van der Waals surface area contributed by atoms with Crippen LogP contribution in [0, 0.1) is 6.92 Å². The molecule has 1 unspecified atom stereocenters. The van der Waals surface area contributed by atoms with Crippen molar-refractivity contribution in [2.24, 2.45) is 4.36 Å². The van der Waals surface area contributed by atoms with Crippen LogP contribution in [-0.2, 0) is 15.9 Å². The predicted octanol–water partition coefficient (Wildman–Crippen LogP) is 5.77. The molecule has 1 aliphatic rings. The second-order valence-electron chi connectivity index (χ2n) is 9.16. The van der Waals surface area contributed by atoms with E-state index < -0.39 is 56.8 Å². The minimum atomic E-state index is -4.87. The molecule has 2 heterocycles. The second-order valence-corrected chi connectivity index (χ2v) is 12.3. The van der Waals surface area contributed by atoms with Crippen molar-refractivity contribution >= 4 is 49.2 Å². The first-order valence-electron chi connectivity index (χ1n) is 12.0. The van der Waals surface area contributed by atoms with Gasteiger partial charge in [0.1, 0.15) is 5.82 Å². The van der Waals surface area contributed by atoms with Crippen LogP contribution in [0.2, 0.25) is 0 Å². The summed E-state index contributed by atoms with van der Waals surface area (Å²) in [7, 11) is -2.99. The van der Waals surface area contributed by atoms with Gasteiger partial charge in [-0.15, -0.1) is 0 Å². The van der Waals surface area contributed by atoms with Gasteiger partial charge in [-0.25, -0.2) is 27.1 Å². The van der Waals surface area contributed by atoms with Gasteiger partial charge in [0, 0.05) is 49.3 Å². The molecule has 0 radical (unpaired) electrons. The number of benzene rings is 1. The van der Waals surface area contributed by atoms with Crippen molar-refractivity contribution < 1.29 is 40.9 Å². The highest BCUT2D eigenvalue weighted by atomic mass is 79.9. The molecular formula is C24H27BrF5N5O4S. The van der Waals surface area contributed by atoms with E-state index in [2.05, 4.69) is 35.9 Å². The molecule has 1 aromatic carbocycles. The first kappa shape index (κ1) is 31.5. The lowest BCUT2D eigenvalue weighted by atomic mass is 10.1. The fourth-order valence-electron chi connectivity index (χ4n) is 4.09. The molecule has 0 aliphatic carbocycles. The summed E-state index contributed by atoms with van der Waals surface area (Å²) in [5, 5.41) is 13.3. The molecule has 1 aromatic heterocycles. The Hall–Kier alpha value is -3.01. The highest BCUT2D eigenvalue weighted by molar-refractivity contribution is 9.10. The molecule has 0 spiro atoms. The molecule has 40 heavy (non-hydrogen) atoms. The average Bonchev–Trinajstić information content (AvgIpc) is 3.03. The van der Waals surface area contributed by atoms with Crippen LogP contribution < -0.4 is 15.5 Å². The normalized spacial score (nSPS) is 16.9. The quantitative estimate of drug-likeness (QED) is 0.257. The number of carbonyl (C=O) groups is 2. The van der Waals surface area contributed by atoms with Crippen LogP contribution in [0.4, 0.5) is 38.3 Å². The minimum absolute atomic E-state index is 0.00933. The highest BCUT2D eigenvalue weighted by Gasteiger charge is 2.40. The number of alkyl halides is 5. The lowest BCUT2D eigenvalue weighted by Crippen LogP contribution is -2.31. The average molecular weight is 656 g/mol. The number of pyridine rings is 1. The molecule has 2 amide bonds. The van der Waals surface area contributed by atoms with E-state index in [9.17, 15) is 35.8 Å². The Morgan fingerprint density at radius 3 is 2.60 bits per heavy atom. The summed E-state index contributed by atoms with van der Waals surface area (Å²) in [6.07, 6.45) is -5.84. The molecule has 0 bridgehead atoms. The van der Waals surface area contributed by atoms with E-state index in [1.807, 2.05) is 0 Å². The fraction of sp³-hybridized carbons (Fsp3) is 0.458. The Morgan fingerprint density at radius 2 is 1.95 bits per heavy atom. The van der Waals surface area contributed by atoms with Crippen LogP contribution in [0.1, 0.15) is 40.9 Å². The van der Waals surface area contributed by atoms with E-state index in [1.54, 1.807) is 0 Å². The van der Waals surface area contributed by atoms with Crippen molar-refractivity contribution in [1.82, 2.24) is 10.3 Å². The van der Waals surface area contributed by atoms with Gasteiger partial charge in [-0.1, -0.05) is 6.07 Å². The highest BCUT2D eigenvalue weighted by Crippen LogP contribution is 2.40. The summed E-state index contributed by atoms with van der Waals surface area (Å²) < 4.78 is 86.0. The minimum Gasteiger partial charge on any atom is -0.465 e. The zero-order valence-electron chi connectivity index (χ0n) is 21.4. The first-order chi connectivity index (χ1) is 18.5. The van der Waals surface area contributed by atoms with Gasteiger partial charge in [-0.05, 0) is 53.0 Å². The monoisotopic (exact) mass is 655 g/mol. The Kier molecular flexibility index (Phi) is 9.65. The third kappa shape index (κ3) is 7.80. The van der Waals surface area contributed by atoms with Gasteiger partial charge in [0.15, 0.2) is 5.69 Å². The maximum atomic E-state index is 14.0. The molecule has 1 saturated heterocycles. The predicted molar refractivity (Wildman–Crippen MR) is 143 cm³/mol. The van der Waals surface area contributed by atoms with E-state index in [0.29, 0.717) is 0 Å². The third-order valence-electron chi connectivity index (χ3n) is 6.12. The summed E-state index contributed by atoms with van der Waals surface area (Å²) in [5.74, 6) is -4.19. The Balaban J connectivity index is 1.99. The smallest absolute Gasteiger partial charge is 0.434 e. The van der Waals surface area contributed by atoms with Crippen molar-refractivity contribution in [1.29, 1.82) is 0 Å². The Labute approximate surface area is 235 Å². The summed E-state index contributed by atoms with van der Waals surface area (Å²) in [4.78, 5) is 29.3.